The highest BCUT2D eigenvalue weighted by molar-refractivity contribution is 7.80. The summed E-state index contributed by atoms with van der Waals surface area (Å²) >= 11 is 11.4. The van der Waals surface area contributed by atoms with Crippen LogP contribution in [0.15, 0.2) is 66.9 Å². The Balaban J connectivity index is 2.31. The Morgan fingerprint density at radius 2 is 1.76 bits per heavy atom. The van der Waals surface area contributed by atoms with Gasteiger partial charge in [-0.3, -0.25) is 9.78 Å². The lowest BCUT2D eigenvalue weighted by molar-refractivity contribution is -0.117. The van der Waals surface area contributed by atoms with Crippen molar-refractivity contribution in [3.05, 3.63) is 100 Å². The van der Waals surface area contributed by atoms with Gasteiger partial charge in [-0.1, -0.05) is 48.9 Å². The van der Waals surface area contributed by atoms with Gasteiger partial charge in [0.05, 0.1) is 10.7 Å². The zero-order chi connectivity index (χ0) is 24.9. The van der Waals surface area contributed by atoms with Gasteiger partial charge in [-0.05, 0) is 53.7 Å². The van der Waals surface area contributed by atoms with E-state index in [4.69, 9.17) is 23.8 Å². The zero-order valence-electron chi connectivity index (χ0n) is 18.5. The number of halogens is 4. The first-order valence-corrected chi connectivity index (χ1v) is 11.3. The molecule has 34 heavy (non-hydrogen) atoms. The number of hydrogen-bond donors (Lipinski definition) is 2. The Kier molecular flexibility index (Phi) is 7.94. The van der Waals surface area contributed by atoms with Crippen molar-refractivity contribution in [3.8, 4) is 0 Å². The fourth-order valence-corrected chi connectivity index (χ4v) is 4.12. The molecule has 3 aromatic rings. The maximum absolute atomic E-state index is 14.8. The van der Waals surface area contributed by atoms with Crippen LogP contribution in [0, 0.1) is 5.82 Å². The molecule has 1 amide bonds. The van der Waals surface area contributed by atoms with E-state index in [9.17, 15) is 18.0 Å². The fourth-order valence-electron chi connectivity index (χ4n) is 3.69. The van der Waals surface area contributed by atoms with E-state index < -0.39 is 35.2 Å². The van der Waals surface area contributed by atoms with Crippen LogP contribution < -0.4 is 10.6 Å². The number of thiocarbonyl (C=S) groups is 1. The quantitative estimate of drug-likeness (QED) is 0.394. The van der Waals surface area contributed by atoms with Crippen molar-refractivity contribution in [2.75, 3.05) is 0 Å². The van der Waals surface area contributed by atoms with Gasteiger partial charge in [0.1, 0.15) is 11.4 Å². The number of amides is 1. The van der Waals surface area contributed by atoms with Crippen molar-refractivity contribution in [1.29, 1.82) is 0 Å². The van der Waals surface area contributed by atoms with Gasteiger partial charge in [-0.15, -0.1) is 0 Å². The Labute approximate surface area is 206 Å². The normalized spacial score (nSPS) is 13.1. The molecule has 0 spiro atoms. The second-order valence-corrected chi connectivity index (χ2v) is 8.70. The predicted octanol–water partition coefficient (Wildman–Crippen LogP) is 5.87. The molecule has 1 aromatic heterocycles. The molecule has 0 aliphatic heterocycles. The molecule has 0 aliphatic carbocycles. The molecule has 178 valence electrons. The van der Waals surface area contributed by atoms with E-state index in [1.165, 1.54) is 26.1 Å². The maximum Gasteiger partial charge on any atom is 0.273 e. The molecule has 9 heteroatoms. The van der Waals surface area contributed by atoms with Gasteiger partial charge in [0.2, 0.25) is 5.91 Å². The number of benzene rings is 2. The van der Waals surface area contributed by atoms with E-state index in [2.05, 4.69) is 15.6 Å². The lowest BCUT2D eigenvalue weighted by atomic mass is 9.79. The summed E-state index contributed by atoms with van der Waals surface area (Å²) in [6.07, 6.45) is 1.06. The average molecular weight is 506 g/mol. The number of carbonyl (C=O) groups is 1. The Morgan fingerprint density at radius 1 is 1.09 bits per heavy atom. The number of carbonyl (C=O) groups excluding carboxylic acids is 1. The SMILES string of the molecule is CCC(F)(F)c1cc(F)cc(C(Cc2ccccc2)(NC(=S)NC(C)=O)c2ccc(Cl)cn2)c1. The molecule has 0 radical (unpaired) electrons. The number of aromatic nitrogens is 1. The highest BCUT2D eigenvalue weighted by atomic mass is 35.5. The molecule has 1 atom stereocenters. The number of nitrogens with one attached hydrogen (secondary N) is 2. The summed E-state index contributed by atoms with van der Waals surface area (Å²) in [5, 5.41) is 5.86. The van der Waals surface area contributed by atoms with Crippen LogP contribution in [0.4, 0.5) is 13.2 Å². The number of pyridine rings is 1. The minimum atomic E-state index is -3.25. The third kappa shape index (κ3) is 5.93. The second-order valence-electron chi connectivity index (χ2n) is 7.85. The molecule has 1 unspecified atom stereocenters. The van der Waals surface area contributed by atoms with Crippen LogP contribution in [0.2, 0.25) is 5.02 Å². The van der Waals surface area contributed by atoms with E-state index >= 15 is 0 Å². The lowest BCUT2D eigenvalue weighted by Crippen LogP contribution is -2.53. The fraction of sp³-hybridized carbons (Fsp3) is 0.240. The maximum atomic E-state index is 14.8. The molecule has 0 aliphatic rings. The zero-order valence-corrected chi connectivity index (χ0v) is 20.1. The number of nitrogens with zero attached hydrogens (tertiary/aromatic N) is 1. The Hall–Kier alpha value is -2.97. The second kappa shape index (κ2) is 10.5. The molecular formula is C25H23ClF3N3OS. The number of hydrogen-bond acceptors (Lipinski definition) is 3. The molecule has 0 saturated heterocycles. The third-order valence-corrected chi connectivity index (χ3v) is 5.78. The van der Waals surface area contributed by atoms with Gasteiger partial charge in [0, 0.05) is 31.5 Å². The minimum Gasteiger partial charge on any atom is -0.347 e. The average Bonchev–Trinajstić information content (AvgIpc) is 2.78. The largest absolute Gasteiger partial charge is 0.347 e. The molecule has 1 heterocycles. The van der Waals surface area contributed by atoms with E-state index in [0.717, 1.165) is 17.7 Å². The van der Waals surface area contributed by atoms with E-state index in [-0.39, 0.29) is 17.1 Å². The van der Waals surface area contributed by atoms with Crippen LogP contribution in [0.1, 0.15) is 42.7 Å². The van der Waals surface area contributed by atoms with Gasteiger partial charge >= 0.3 is 0 Å². The van der Waals surface area contributed by atoms with Crippen molar-refractivity contribution in [1.82, 2.24) is 15.6 Å². The van der Waals surface area contributed by atoms with Gasteiger partial charge < -0.3 is 10.6 Å². The first kappa shape index (κ1) is 25.6. The van der Waals surface area contributed by atoms with Crippen LogP contribution in [-0.4, -0.2) is 16.0 Å². The first-order chi connectivity index (χ1) is 16.1. The van der Waals surface area contributed by atoms with Crippen LogP contribution >= 0.6 is 23.8 Å². The molecular weight excluding hydrogens is 483 g/mol. The van der Waals surface area contributed by atoms with Gasteiger partial charge in [-0.25, -0.2) is 13.2 Å². The summed E-state index contributed by atoms with van der Waals surface area (Å²) in [7, 11) is 0. The Morgan fingerprint density at radius 3 is 2.35 bits per heavy atom. The minimum absolute atomic E-state index is 0.0618. The summed E-state index contributed by atoms with van der Waals surface area (Å²) in [6, 6.07) is 15.6. The van der Waals surface area contributed by atoms with Crippen LogP contribution in [0.25, 0.3) is 0 Å². The number of alkyl halides is 2. The molecule has 3 rings (SSSR count). The third-order valence-electron chi connectivity index (χ3n) is 5.35. The highest BCUT2D eigenvalue weighted by Gasteiger charge is 2.40. The van der Waals surface area contributed by atoms with E-state index in [0.29, 0.717) is 10.7 Å². The summed E-state index contributed by atoms with van der Waals surface area (Å²) in [5.41, 5.74) is -0.563. The standard InChI is InChI=1S/C25H23ClF3N3OS/c1-3-25(28,29)19-11-18(12-21(27)13-19)24(32-23(34)31-16(2)33,14-17-7-5-4-6-8-17)22-10-9-20(26)15-30-22/h4-13,15H,3,14H2,1-2H3,(H2,31,32,33,34). The number of rotatable bonds is 7. The van der Waals surface area contributed by atoms with Gasteiger partial charge in [0.25, 0.3) is 5.92 Å². The molecule has 2 aromatic carbocycles. The van der Waals surface area contributed by atoms with Crippen molar-refractivity contribution in [3.63, 3.8) is 0 Å². The summed E-state index contributed by atoms with van der Waals surface area (Å²) < 4.78 is 44.1. The molecule has 4 nitrogen and oxygen atoms in total. The van der Waals surface area contributed by atoms with Crippen molar-refractivity contribution >= 4 is 34.8 Å². The first-order valence-electron chi connectivity index (χ1n) is 10.5. The van der Waals surface area contributed by atoms with Crippen LogP contribution in [0.5, 0.6) is 0 Å². The van der Waals surface area contributed by atoms with Crippen LogP contribution in [0.3, 0.4) is 0 Å². The lowest BCUT2D eigenvalue weighted by Gasteiger charge is -2.37. The summed E-state index contributed by atoms with van der Waals surface area (Å²) in [4.78, 5) is 16.1. The van der Waals surface area contributed by atoms with Crippen molar-refractivity contribution in [2.24, 2.45) is 0 Å². The molecule has 0 fully saturated rings. The highest BCUT2D eigenvalue weighted by Crippen LogP contribution is 2.38. The van der Waals surface area contributed by atoms with E-state index in [1.54, 1.807) is 12.1 Å². The van der Waals surface area contributed by atoms with Crippen LogP contribution in [-0.2, 0) is 22.7 Å². The van der Waals surface area contributed by atoms with Crippen molar-refractivity contribution < 1.29 is 18.0 Å². The topological polar surface area (TPSA) is 54.0 Å². The Bertz CT molecular complexity index is 1180. The molecule has 2 N–H and O–H groups in total. The molecule has 0 bridgehead atoms. The summed E-state index contributed by atoms with van der Waals surface area (Å²) in [5.74, 6) is -4.51. The monoisotopic (exact) mass is 505 g/mol. The van der Waals surface area contributed by atoms with Gasteiger partial charge in [0.15, 0.2) is 5.11 Å². The molecule has 0 saturated carbocycles. The van der Waals surface area contributed by atoms with E-state index in [1.807, 2.05) is 30.3 Å². The smallest absolute Gasteiger partial charge is 0.273 e. The van der Waals surface area contributed by atoms with Crippen molar-refractivity contribution in [2.45, 2.75) is 38.2 Å². The van der Waals surface area contributed by atoms with Gasteiger partial charge in [-0.2, -0.15) is 0 Å². The predicted molar refractivity (Wildman–Crippen MR) is 130 cm³/mol. The summed E-state index contributed by atoms with van der Waals surface area (Å²) in [6.45, 7) is 2.61.